The number of sulfonamides is 1. The molecule has 0 aliphatic carbocycles. The molecule has 2 aliphatic rings. The third-order valence-corrected chi connectivity index (χ3v) is 9.62. The molecule has 2 bridgehead atoms. The van der Waals surface area contributed by atoms with Gasteiger partial charge in [0.05, 0.1) is 4.90 Å². The van der Waals surface area contributed by atoms with Crippen LogP contribution in [0.25, 0.3) is 20.5 Å². The second-order valence-electron chi connectivity index (χ2n) is 8.66. The average molecular weight is 463 g/mol. The van der Waals surface area contributed by atoms with Crippen molar-refractivity contribution >= 4 is 31.4 Å². The van der Waals surface area contributed by atoms with Crippen LogP contribution in [0.15, 0.2) is 82.5 Å². The maximum atomic E-state index is 13.3. The zero-order chi connectivity index (χ0) is 21.9. The second kappa shape index (κ2) is 7.40. The monoisotopic (exact) mass is 462 g/mol. The van der Waals surface area contributed by atoms with Gasteiger partial charge in [-0.25, -0.2) is 8.42 Å². The van der Waals surface area contributed by atoms with Crippen molar-refractivity contribution in [1.29, 1.82) is 0 Å². The minimum Gasteiger partial charge on any atom is -0.311 e. The highest BCUT2D eigenvalue weighted by Gasteiger charge is 2.40. The molecule has 2 unspecified atom stereocenters. The summed E-state index contributed by atoms with van der Waals surface area (Å²) in [6.07, 6.45) is 0.905. The van der Waals surface area contributed by atoms with E-state index in [1.807, 2.05) is 28.8 Å². The molecule has 2 aromatic heterocycles. The fraction of sp³-hybridized carbons (Fsp3) is 0.240. The number of fused-ring (bicyclic) bond motifs is 5. The van der Waals surface area contributed by atoms with Gasteiger partial charge in [-0.2, -0.15) is 4.31 Å². The number of hydrogen-bond donors (Lipinski definition) is 0. The van der Waals surface area contributed by atoms with E-state index >= 15 is 0 Å². The van der Waals surface area contributed by atoms with Gasteiger partial charge in [0.15, 0.2) is 0 Å². The van der Waals surface area contributed by atoms with Crippen LogP contribution in [0.3, 0.4) is 0 Å². The summed E-state index contributed by atoms with van der Waals surface area (Å²) < 4.78 is 31.4. The minimum absolute atomic E-state index is 0.000993. The predicted molar refractivity (Wildman–Crippen MR) is 128 cm³/mol. The molecular weight excluding hydrogens is 440 g/mol. The summed E-state index contributed by atoms with van der Waals surface area (Å²) in [6, 6.07) is 22.7. The molecule has 0 radical (unpaired) electrons. The molecule has 2 aliphatic heterocycles. The highest BCUT2D eigenvalue weighted by Crippen LogP contribution is 2.43. The van der Waals surface area contributed by atoms with Crippen LogP contribution in [-0.4, -0.2) is 30.4 Å². The van der Waals surface area contributed by atoms with Crippen molar-refractivity contribution in [3.8, 4) is 10.4 Å². The second-order valence-corrected chi connectivity index (χ2v) is 11.7. The van der Waals surface area contributed by atoms with Crippen molar-refractivity contribution < 1.29 is 8.42 Å². The molecule has 0 spiro atoms. The first-order valence-corrected chi connectivity index (χ1v) is 13.0. The molecule has 1 saturated heterocycles. The number of piperidine rings is 1. The van der Waals surface area contributed by atoms with E-state index in [1.165, 1.54) is 10.1 Å². The highest BCUT2D eigenvalue weighted by atomic mass is 32.2. The summed E-state index contributed by atoms with van der Waals surface area (Å²) in [7, 11) is -3.57. The molecule has 5 nitrogen and oxygen atoms in total. The van der Waals surface area contributed by atoms with E-state index in [0.29, 0.717) is 24.5 Å². The third-order valence-electron chi connectivity index (χ3n) is 6.63. The molecule has 1 fully saturated rings. The van der Waals surface area contributed by atoms with Crippen molar-refractivity contribution in [3.63, 3.8) is 0 Å². The van der Waals surface area contributed by atoms with Gasteiger partial charge in [-0.1, -0.05) is 36.4 Å². The Morgan fingerprint density at radius 2 is 1.66 bits per heavy atom. The van der Waals surface area contributed by atoms with Crippen LogP contribution in [0.5, 0.6) is 0 Å². The van der Waals surface area contributed by atoms with E-state index in [-0.39, 0.29) is 17.4 Å². The van der Waals surface area contributed by atoms with Crippen molar-refractivity contribution in [2.24, 2.45) is 5.92 Å². The van der Waals surface area contributed by atoms with Crippen LogP contribution < -0.4 is 5.56 Å². The normalized spacial score (nSPS) is 20.9. The summed E-state index contributed by atoms with van der Waals surface area (Å²) in [5.41, 5.74) is 2.03. The first-order valence-electron chi connectivity index (χ1n) is 10.8. The highest BCUT2D eigenvalue weighted by molar-refractivity contribution is 7.89. The Morgan fingerprint density at radius 1 is 0.875 bits per heavy atom. The fourth-order valence-corrected chi connectivity index (χ4v) is 7.91. The minimum atomic E-state index is -3.57. The van der Waals surface area contributed by atoms with E-state index in [9.17, 15) is 13.2 Å². The SMILES string of the molecule is O=c1ccc(-c2cc3ccccc3s2)c2n1CC1CC2CN(S(=O)(=O)c2ccccc2)C1. The molecule has 4 heterocycles. The Labute approximate surface area is 190 Å². The van der Waals surface area contributed by atoms with E-state index in [4.69, 9.17) is 0 Å². The van der Waals surface area contributed by atoms with E-state index < -0.39 is 10.0 Å². The molecule has 32 heavy (non-hydrogen) atoms. The Balaban J connectivity index is 1.45. The molecule has 7 heteroatoms. The van der Waals surface area contributed by atoms with E-state index in [0.717, 1.165) is 22.6 Å². The van der Waals surface area contributed by atoms with Crippen molar-refractivity contribution in [3.05, 3.63) is 88.8 Å². The summed E-state index contributed by atoms with van der Waals surface area (Å²) in [5.74, 6) is 0.130. The summed E-state index contributed by atoms with van der Waals surface area (Å²) >= 11 is 1.72. The first-order chi connectivity index (χ1) is 15.5. The third kappa shape index (κ3) is 3.15. The van der Waals surface area contributed by atoms with Crippen molar-refractivity contribution in [2.45, 2.75) is 23.8 Å². The van der Waals surface area contributed by atoms with E-state index in [2.05, 4.69) is 18.2 Å². The summed E-state index contributed by atoms with van der Waals surface area (Å²) in [6.45, 7) is 1.41. The Morgan fingerprint density at radius 3 is 2.47 bits per heavy atom. The molecule has 0 saturated carbocycles. The number of aromatic nitrogens is 1. The summed E-state index contributed by atoms with van der Waals surface area (Å²) in [4.78, 5) is 14.2. The molecule has 2 atom stereocenters. The van der Waals surface area contributed by atoms with Crippen LogP contribution in [0.4, 0.5) is 0 Å². The van der Waals surface area contributed by atoms with Gasteiger partial charge >= 0.3 is 0 Å². The first kappa shape index (κ1) is 19.9. The van der Waals surface area contributed by atoms with Crippen LogP contribution >= 0.6 is 11.3 Å². The molecule has 4 aromatic rings. The Kier molecular flexibility index (Phi) is 4.61. The maximum absolute atomic E-state index is 13.3. The molecule has 0 amide bonds. The van der Waals surface area contributed by atoms with Crippen LogP contribution in [-0.2, 0) is 16.6 Å². The topological polar surface area (TPSA) is 59.4 Å². The summed E-state index contributed by atoms with van der Waals surface area (Å²) in [5, 5.41) is 1.18. The van der Waals surface area contributed by atoms with Gasteiger partial charge in [-0.3, -0.25) is 4.79 Å². The van der Waals surface area contributed by atoms with Gasteiger partial charge < -0.3 is 4.57 Å². The van der Waals surface area contributed by atoms with Crippen LogP contribution in [0.1, 0.15) is 18.0 Å². The number of thiophene rings is 1. The lowest BCUT2D eigenvalue weighted by Gasteiger charge is -2.42. The van der Waals surface area contributed by atoms with Crippen LogP contribution in [0.2, 0.25) is 0 Å². The zero-order valence-electron chi connectivity index (χ0n) is 17.3. The van der Waals surface area contributed by atoms with Gasteiger partial charge in [0, 0.05) is 52.5 Å². The van der Waals surface area contributed by atoms with E-state index in [1.54, 1.807) is 46.0 Å². The Bertz CT molecular complexity index is 1460. The number of benzene rings is 2. The lowest BCUT2D eigenvalue weighted by molar-refractivity contribution is 0.187. The van der Waals surface area contributed by atoms with Gasteiger partial charge in [0.2, 0.25) is 10.0 Å². The number of hydrogen-bond acceptors (Lipinski definition) is 4. The number of pyridine rings is 1. The molecular formula is C25H22N2O3S2. The zero-order valence-corrected chi connectivity index (χ0v) is 19.0. The number of rotatable bonds is 3. The molecule has 2 aromatic carbocycles. The smallest absolute Gasteiger partial charge is 0.250 e. The van der Waals surface area contributed by atoms with Gasteiger partial charge in [-0.05, 0) is 48.1 Å². The number of nitrogens with zero attached hydrogens (tertiary/aromatic N) is 2. The lowest BCUT2D eigenvalue weighted by atomic mass is 9.82. The molecule has 0 N–H and O–H groups in total. The van der Waals surface area contributed by atoms with Gasteiger partial charge in [-0.15, -0.1) is 11.3 Å². The largest absolute Gasteiger partial charge is 0.311 e. The van der Waals surface area contributed by atoms with Crippen molar-refractivity contribution in [2.75, 3.05) is 13.1 Å². The van der Waals surface area contributed by atoms with Crippen molar-refractivity contribution in [1.82, 2.24) is 8.87 Å². The standard InChI is InChI=1S/C25H22N2O3S2/c28-24-11-10-21(23-13-18-6-4-5-9-22(18)31-23)25-19-12-17(15-27(24)25)14-26(16-19)32(29,30)20-7-2-1-3-8-20/h1-11,13,17,19H,12,14-16H2. The van der Waals surface area contributed by atoms with Crippen LogP contribution in [0, 0.1) is 5.92 Å². The van der Waals surface area contributed by atoms with Gasteiger partial charge in [0.1, 0.15) is 0 Å². The molecule has 162 valence electrons. The maximum Gasteiger partial charge on any atom is 0.250 e. The predicted octanol–water partition coefficient (Wildman–Crippen LogP) is 4.54. The Hall–Kier alpha value is -2.74. The van der Waals surface area contributed by atoms with Gasteiger partial charge in [0.25, 0.3) is 5.56 Å². The molecule has 6 rings (SSSR count). The lowest BCUT2D eigenvalue weighted by Crippen LogP contribution is -2.49. The quantitative estimate of drug-likeness (QED) is 0.449. The average Bonchev–Trinajstić information content (AvgIpc) is 3.24. The fourth-order valence-electron chi connectivity index (χ4n) is 5.23.